The normalized spacial score (nSPS) is 12.3. The van der Waals surface area contributed by atoms with Gasteiger partial charge < -0.3 is 4.40 Å². The van der Waals surface area contributed by atoms with Crippen LogP contribution >= 0.6 is 15.9 Å². The van der Waals surface area contributed by atoms with Crippen LogP contribution in [-0.2, 0) is 6.18 Å². The SMILES string of the molecule is FC(F)(F)c1cn2ccnc(Br)c2n1. The Bertz CT molecular complexity index is 476. The molecule has 0 bridgehead atoms. The van der Waals surface area contributed by atoms with Gasteiger partial charge in [-0.25, -0.2) is 9.97 Å². The first-order valence-electron chi connectivity index (χ1n) is 3.55. The molecule has 0 fully saturated rings. The molecule has 74 valence electrons. The minimum absolute atomic E-state index is 0.153. The van der Waals surface area contributed by atoms with Gasteiger partial charge in [-0.2, -0.15) is 13.2 Å². The van der Waals surface area contributed by atoms with Crippen molar-refractivity contribution in [2.24, 2.45) is 0 Å². The monoisotopic (exact) mass is 265 g/mol. The van der Waals surface area contributed by atoms with Gasteiger partial charge in [0.15, 0.2) is 11.3 Å². The van der Waals surface area contributed by atoms with Gasteiger partial charge in [0, 0.05) is 18.6 Å². The molecule has 0 radical (unpaired) electrons. The molecule has 0 aliphatic heterocycles. The maximum Gasteiger partial charge on any atom is 0.434 e. The summed E-state index contributed by atoms with van der Waals surface area (Å²) < 4.78 is 38.3. The van der Waals surface area contributed by atoms with Crippen LogP contribution in [0.25, 0.3) is 5.65 Å². The molecule has 0 saturated carbocycles. The van der Waals surface area contributed by atoms with Crippen LogP contribution in [0.5, 0.6) is 0 Å². The van der Waals surface area contributed by atoms with Crippen LogP contribution in [0.15, 0.2) is 23.2 Å². The molecule has 0 aromatic carbocycles. The first-order valence-corrected chi connectivity index (χ1v) is 4.34. The van der Waals surface area contributed by atoms with E-state index in [1.165, 1.54) is 16.8 Å². The fraction of sp³-hybridized carbons (Fsp3) is 0.143. The van der Waals surface area contributed by atoms with Gasteiger partial charge in [-0.15, -0.1) is 0 Å². The van der Waals surface area contributed by atoms with E-state index in [-0.39, 0.29) is 10.3 Å². The van der Waals surface area contributed by atoms with E-state index in [1.807, 2.05) is 0 Å². The van der Waals surface area contributed by atoms with Gasteiger partial charge in [0.2, 0.25) is 0 Å². The van der Waals surface area contributed by atoms with Crippen molar-refractivity contribution in [1.82, 2.24) is 14.4 Å². The van der Waals surface area contributed by atoms with Gasteiger partial charge in [0.05, 0.1) is 0 Å². The average Bonchev–Trinajstić information content (AvgIpc) is 2.48. The van der Waals surface area contributed by atoms with E-state index in [2.05, 4.69) is 25.9 Å². The van der Waals surface area contributed by atoms with E-state index in [9.17, 15) is 13.2 Å². The van der Waals surface area contributed by atoms with E-state index < -0.39 is 11.9 Å². The molecule has 7 heteroatoms. The topological polar surface area (TPSA) is 30.2 Å². The molecule has 2 heterocycles. The molecular weight excluding hydrogens is 263 g/mol. The fourth-order valence-electron chi connectivity index (χ4n) is 1.02. The summed E-state index contributed by atoms with van der Waals surface area (Å²) in [6, 6.07) is 0. The summed E-state index contributed by atoms with van der Waals surface area (Å²) in [6.45, 7) is 0. The highest BCUT2D eigenvalue weighted by Gasteiger charge is 2.34. The number of halogens is 4. The Labute approximate surface area is 84.7 Å². The Morgan fingerprint density at radius 3 is 2.64 bits per heavy atom. The standard InChI is InChI=1S/C7H3BrF3N3/c8-5-6-13-4(7(9,10)11)3-14(6)2-1-12-5/h1-3H. The Kier molecular flexibility index (Phi) is 1.99. The van der Waals surface area contributed by atoms with Gasteiger partial charge in [-0.1, -0.05) is 0 Å². The Morgan fingerprint density at radius 2 is 2.07 bits per heavy atom. The molecule has 0 unspecified atom stereocenters. The second kappa shape index (κ2) is 2.94. The fourth-order valence-corrected chi connectivity index (χ4v) is 1.44. The van der Waals surface area contributed by atoms with E-state index in [4.69, 9.17) is 0 Å². The summed E-state index contributed by atoms with van der Waals surface area (Å²) in [7, 11) is 0. The van der Waals surface area contributed by atoms with Crippen LogP contribution in [0, 0.1) is 0 Å². The van der Waals surface area contributed by atoms with Crippen molar-refractivity contribution in [2.75, 3.05) is 0 Å². The second-order valence-electron chi connectivity index (χ2n) is 2.57. The zero-order valence-electron chi connectivity index (χ0n) is 6.59. The van der Waals surface area contributed by atoms with Crippen molar-refractivity contribution < 1.29 is 13.2 Å². The number of alkyl halides is 3. The van der Waals surface area contributed by atoms with Crippen LogP contribution in [0.1, 0.15) is 5.69 Å². The van der Waals surface area contributed by atoms with Crippen LogP contribution in [0.4, 0.5) is 13.2 Å². The maximum atomic E-state index is 12.2. The van der Waals surface area contributed by atoms with Gasteiger partial charge >= 0.3 is 6.18 Å². The lowest BCUT2D eigenvalue weighted by molar-refractivity contribution is -0.140. The highest BCUT2D eigenvalue weighted by atomic mass is 79.9. The van der Waals surface area contributed by atoms with Gasteiger partial charge in [-0.3, -0.25) is 0 Å². The number of hydrogen-bond donors (Lipinski definition) is 0. The lowest BCUT2D eigenvalue weighted by atomic mass is 10.5. The Balaban J connectivity index is 2.69. The summed E-state index contributed by atoms with van der Waals surface area (Å²) in [5.74, 6) is 0. The first kappa shape index (κ1) is 9.45. The molecule has 14 heavy (non-hydrogen) atoms. The molecular formula is C7H3BrF3N3. The van der Waals surface area contributed by atoms with Gasteiger partial charge in [0.1, 0.15) is 4.60 Å². The average molecular weight is 266 g/mol. The summed E-state index contributed by atoms with van der Waals surface area (Å²) in [6.07, 6.45) is -0.714. The number of hydrogen-bond acceptors (Lipinski definition) is 2. The minimum Gasteiger partial charge on any atom is -0.303 e. The first-order chi connectivity index (χ1) is 6.48. The lowest BCUT2D eigenvalue weighted by Crippen LogP contribution is -2.04. The van der Waals surface area contributed by atoms with Crippen molar-refractivity contribution in [1.29, 1.82) is 0 Å². The third kappa shape index (κ3) is 1.47. The van der Waals surface area contributed by atoms with Gasteiger partial charge in [-0.05, 0) is 15.9 Å². The molecule has 0 N–H and O–H groups in total. The summed E-state index contributed by atoms with van der Waals surface area (Å²) in [5.41, 5.74) is -0.772. The van der Waals surface area contributed by atoms with Crippen LogP contribution in [0.2, 0.25) is 0 Å². The molecule has 3 nitrogen and oxygen atoms in total. The highest BCUT2D eigenvalue weighted by Crippen LogP contribution is 2.29. The Morgan fingerprint density at radius 1 is 1.36 bits per heavy atom. The number of fused-ring (bicyclic) bond motifs is 1. The molecule has 2 aromatic heterocycles. The van der Waals surface area contributed by atoms with Gasteiger partial charge in [0.25, 0.3) is 0 Å². The smallest absolute Gasteiger partial charge is 0.303 e. The molecule has 0 spiro atoms. The predicted octanol–water partition coefficient (Wildman–Crippen LogP) is 2.51. The van der Waals surface area contributed by atoms with Crippen LogP contribution in [-0.4, -0.2) is 14.4 Å². The van der Waals surface area contributed by atoms with Crippen molar-refractivity contribution in [3.05, 3.63) is 28.9 Å². The molecule has 2 aromatic rings. The molecule has 0 amide bonds. The van der Waals surface area contributed by atoms with Crippen LogP contribution in [0.3, 0.4) is 0 Å². The molecule has 0 aliphatic carbocycles. The molecule has 0 atom stereocenters. The van der Waals surface area contributed by atoms with E-state index in [1.54, 1.807) is 0 Å². The van der Waals surface area contributed by atoms with E-state index in [0.29, 0.717) is 0 Å². The van der Waals surface area contributed by atoms with Crippen molar-refractivity contribution in [2.45, 2.75) is 6.18 Å². The summed E-state index contributed by atoms with van der Waals surface area (Å²) >= 11 is 3.02. The van der Waals surface area contributed by atoms with Crippen LogP contribution < -0.4 is 0 Å². The van der Waals surface area contributed by atoms with E-state index >= 15 is 0 Å². The quantitative estimate of drug-likeness (QED) is 0.733. The minimum atomic E-state index is -4.43. The number of nitrogens with zero attached hydrogens (tertiary/aromatic N) is 3. The van der Waals surface area contributed by atoms with Crippen molar-refractivity contribution in [3.63, 3.8) is 0 Å². The molecule has 0 aliphatic rings. The van der Waals surface area contributed by atoms with Crippen molar-refractivity contribution >= 4 is 21.6 Å². The lowest BCUT2D eigenvalue weighted by Gasteiger charge is -1.98. The summed E-state index contributed by atoms with van der Waals surface area (Å²) in [5, 5.41) is 0. The predicted molar refractivity (Wildman–Crippen MR) is 45.7 cm³/mol. The molecule has 0 saturated heterocycles. The van der Waals surface area contributed by atoms with Crippen molar-refractivity contribution in [3.8, 4) is 0 Å². The van der Waals surface area contributed by atoms with E-state index in [0.717, 1.165) is 6.20 Å². The highest BCUT2D eigenvalue weighted by molar-refractivity contribution is 9.10. The largest absolute Gasteiger partial charge is 0.434 e. The number of imidazole rings is 1. The number of aromatic nitrogens is 3. The Hall–Kier alpha value is -1.11. The third-order valence-electron chi connectivity index (χ3n) is 1.62. The zero-order valence-corrected chi connectivity index (χ0v) is 8.17. The number of rotatable bonds is 0. The zero-order chi connectivity index (χ0) is 10.3. The third-order valence-corrected chi connectivity index (χ3v) is 2.18. The maximum absolute atomic E-state index is 12.2. The summed E-state index contributed by atoms with van der Waals surface area (Å²) in [4.78, 5) is 7.18. The molecule has 2 rings (SSSR count). The second-order valence-corrected chi connectivity index (χ2v) is 3.32.